The summed E-state index contributed by atoms with van der Waals surface area (Å²) < 4.78 is 4.67. The molecule has 0 aliphatic carbocycles. The Kier molecular flexibility index (Phi) is 17.4. The van der Waals surface area contributed by atoms with E-state index in [0.29, 0.717) is 0 Å². The Balaban J connectivity index is 0. The molecular weight excluding hydrogens is 305 g/mol. The first-order chi connectivity index (χ1) is 10.5. The van der Waals surface area contributed by atoms with E-state index >= 15 is 0 Å². The number of hydrogen-bond donors (Lipinski definition) is 2. The molecule has 0 heterocycles. The molecule has 0 spiro atoms. The number of unbranched alkanes of at least 4 members (excludes halogenated alkanes) is 8. The number of carbonyl (C=O) groups is 2. The second-order valence-corrected chi connectivity index (χ2v) is 5.67. The van der Waals surface area contributed by atoms with Crippen molar-refractivity contribution in [3.63, 3.8) is 0 Å². The minimum atomic E-state index is -0.668. The number of ether oxygens (including phenoxy) is 1. The molecule has 0 aromatic carbocycles. The number of rotatable bonds is 12. The molecule has 0 rings (SSSR count). The van der Waals surface area contributed by atoms with Gasteiger partial charge in [0.2, 0.25) is 0 Å². The maximum atomic E-state index is 11.5. The van der Waals surface area contributed by atoms with E-state index in [1.807, 2.05) is 0 Å². The van der Waals surface area contributed by atoms with E-state index in [0.717, 1.165) is 19.3 Å². The molecule has 0 aromatic heterocycles. The predicted octanol–water partition coefficient (Wildman–Crippen LogP) is 2.15. The van der Waals surface area contributed by atoms with Gasteiger partial charge in [-0.15, -0.1) is 0 Å². The van der Waals surface area contributed by atoms with Crippen molar-refractivity contribution in [2.45, 2.75) is 71.1 Å². The van der Waals surface area contributed by atoms with Crippen molar-refractivity contribution in [1.82, 2.24) is 4.90 Å². The standard InChI is InChI=1S/C16H31N3O3.Na.H/c1-3-4-5-6-7-8-9-10-11-12-14(20)22-15(21)13-19(2)16(17)18;;/h3-13H2,1-2H3,(H3,17,18);;. The topological polar surface area (TPSA) is 96.5 Å². The van der Waals surface area contributed by atoms with Gasteiger partial charge in [-0.2, -0.15) is 0 Å². The molecule has 0 atom stereocenters. The molecule has 0 bridgehead atoms. The average molecular weight is 337 g/mol. The number of guanidine groups is 1. The third kappa shape index (κ3) is 16.1. The zero-order valence-corrected chi connectivity index (χ0v) is 14.0. The van der Waals surface area contributed by atoms with Gasteiger partial charge in [0.25, 0.3) is 0 Å². The van der Waals surface area contributed by atoms with Crippen LogP contribution in [-0.2, 0) is 14.3 Å². The summed E-state index contributed by atoms with van der Waals surface area (Å²) in [4.78, 5) is 24.1. The van der Waals surface area contributed by atoms with Crippen molar-refractivity contribution in [2.24, 2.45) is 5.73 Å². The molecule has 0 fully saturated rings. The normalized spacial score (nSPS) is 9.83. The SMILES string of the molecule is CCCCCCCCCCCC(=O)OC(=O)CN(C)C(=N)N.[NaH]. The molecule has 6 nitrogen and oxygen atoms in total. The van der Waals surface area contributed by atoms with Crippen molar-refractivity contribution < 1.29 is 14.3 Å². The predicted molar refractivity (Wildman–Crippen MR) is 94.6 cm³/mol. The van der Waals surface area contributed by atoms with E-state index in [9.17, 15) is 9.59 Å². The Hall–Kier alpha value is -0.590. The first kappa shape index (κ1) is 24.7. The fraction of sp³-hybridized carbons (Fsp3) is 0.812. The Morgan fingerprint density at radius 2 is 1.43 bits per heavy atom. The zero-order valence-electron chi connectivity index (χ0n) is 14.0. The van der Waals surface area contributed by atoms with E-state index < -0.39 is 11.9 Å². The summed E-state index contributed by atoms with van der Waals surface area (Å²) in [7, 11) is 1.49. The summed E-state index contributed by atoms with van der Waals surface area (Å²) in [5.41, 5.74) is 5.20. The monoisotopic (exact) mass is 337 g/mol. The van der Waals surface area contributed by atoms with Gasteiger partial charge in [0, 0.05) is 13.5 Å². The second-order valence-electron chi connectivity index (χ2n) is 5.67. The molecular formula is C16H32N3NaO3. The van der Waals surface area contributed by atoms with Gasteiger partial charge in [-0.05, 0) is 6.42 Å². The molecule has 0 radical (unpaired) electrons. The molecule has 0 aromatic rings. The number of nitrogens with one attached hydrogen (secondary N) is 1. The number of likely N-dealkylation sites (N-methyl/N-ethyl adjacent to an activating group) is 1. The van der Waals surface area contributed by atoms with Gasteiger partial charge >= 0.3 is 41.5 Å². The van der Waals surface area contributed by atoms with Crippen LogP contribution >= 0.6 is 0 Å². The van der Waals surface area contributed by atoms with Crippen LogP contribution in [0.5, 0.6) is 0 Å². The molecule has 0 aliphatic heterocycles. The zero-order chi connectivity index (χ0) is 16.8. The van der Waals surface area contributed by atoms with Crippen LogP contribution in [0.15, 0.2) is 0 Å². The van der Waals surface area contributed by atoms with Crippen LogP contribution < -0.4 is 5.73 Å². The van der Waals surface area contributed by atoms with Gasteiger partial charge in [0.15, 0.2) is 5.96 Å². The molecule has 0 unspecified atom stereocenters. The van der Waals surface area contributed by atoms with Crippen LogP contribution in [0.25, 0.3) is 0 Å². The summed E-state index contributed by atoms with van der Waals surface area (Å²) in [6.45, 7) is 2.03. The van der Waals surface area contributed by atoms with Gasteiger partial charge in [-0.25, -0.2) is 4.79 Å². The van der Waals surface area contributed by atoms with Crippen molar-refractivity contribution in [2.75, 3.05) is 13.6 Å². The average Bonchev–Trinajstić information content (AvgIpc) is 2.45. The van der Waals surface area contributed by atoms with Gasteiger partial charge < -0.3 is 15.4 Å². The van der Waals surface area contributed by atoms with E-state index in [-0.39, 0.29) is 48.5 Å². The quantitative estimate of drug-likeness (QED) is 0.142. The number of hydrogen-bond acceptors (Lipinski definition) is 4. The molecule has 0 saturated heterocycles. The van der Waals surface area contributed by atoms with Crippen molar-refractivity contribution >= 4 is 47.5 Å². The minimum absolute atomic E-state index is 0. The molecule has 130 valence electrons. The maximum absolute atomic E-state index is 11.5. The Labute approximate surface area is 162 Å². The number of esters is 2. The Bertz CT molecular complexity index is 351. The van der Waals surface area contributed by atoms with E-state index in [4.69, 9.17) is 11.1 Å². The van der Waals surface area contributed by atoms with Gasteiger partial charge in [0.05, 0.1) is 0 Å². The second kappa shape index (κ2) is 16.3. The summed E-state index contributed by atoms with van der Waals surface area (Å²) in [6.07, 6.45) is 10.8. The molecule has 7 heteroatoms. The Morgan fingerprint density at radius 3 is 1.91 bits per heavy atom. The molecule has 0 amide bonds. The van der Waals surface area contributed by atoms with Gasteiger partial charge in [0.1, 0.15) is 6.54 Å². The van der Waals surface area contributed by atoms with Crippen LogP contribution in [0.4, 0.5) is 0 Å². The molecule has 0 aliphatic rings. The van der Waals surface area contributed by atoms with Gasteiger partial charge in [-0.1, -0.05) is 58.3 Å². The third-order valence-electron chi connectivity index (χ3n) is 3.49. The van der Waals surface area contributed by atoms with Crippen molar-refractivity contribution in [1.29, 1.82) is 5.41 Å². The fourth-order valence-electron chi connectivity index (χ4n) is 2.07. The van der Waals surface area contributed by atoms with Crippen LogP contribution in [0.3, 0.4) is 0 Å². The summed E-state index contributed by atoms with van der Waals surface area (Å²) in [5.74, 6) is -1.40. The molecule has 23 heavy (non-hydrogen) atoms. The first-order valence-corrected chi connectivity index (χ1v) is 8.26. The van der Waals surface area contributed by atoms with E-state index in [1.54, 1.807) is 0 Å². The van der Waals surface area contributed by atoms with Gasteiger partial charge in [-0.3, -0.25) is 10.2 Å². The van der Waals surface area contributed by atoms with E-state index in [2.05, 4.69) is 11.7 Å². The summed E-state index contributed by atoms with van der Waals surface area (Å²) in [5, 5.41) is 7.12. The van der Waals surface area contributed by atoms with Crippen LogP contribution in [0, 0.1) is 5.41 Å². The molecule has 3 N–H and O–H groups in total. The summed E-state index contributed by atoms with van der Waals surface area (Å²) >= 11 is 0. The van der Waals surface area contributed by atoms with E-state index in [1.165, 1.54) is 50.5 Å². The first-order valence-electron chi connectivity index (χ1n) is 8.26. The fourth-order valence-corrected chi connectivity index (χ4v) is 2.07. The number of nitrogens with two attached hydrogens (primary N) is 1. The van der Waals surface area contributed by atoms with Crippen LogP contribution in [0.2, 0.25) is 0 Å². The van der Waals surface area contributed by atoms with Crippen molar-refractivity contribution in [3.05, 3.63) is 0 Å². The van der Waals surface area contributed by atoms with Crippen LogP contribution in [-0.4, -0.2) is 65.9 Å². The Morgan fingerprint density at radius 1 is 0.957 bits per heavy atom. The number of carbonyl (C=O) groups excluding carboxylic acids is 2. The third-order valence-corrected chi connectivity index (χ3v) is 3.49. The molecule has 0 saturated carbocycles. The van der Waals surface area contributed by atoms with Crippen LogP contribution in [0.1, 0.15) is 71.1 Å². The number of nitrogens with zero attached hydrogens (tertiary/aromatic N) is 1. The summed E-state index contributed by atoms with van der Waals surface area (Å²) in [6, 6.07) is 0. The van der Waals surface area contributed by atoms with Crippen molar-refractivity contribution in [3.8, 4) is 0 Å².